The molecule has 2 rings (SSSR count). The summed E-state index contributed by atoms with van der Waals surface area (Å²) >= 11 is 0. The molecule has 1 aliphatic heterocycles. The molecule has 0 bridgehead atoms. The molecule has 1 saturated heterocycles. The smallest absolute Gasteiger partial charge is 0.00124 e. The van der Waals surface area contributed by atoms with Gasteiger partial charge in [-0.1, -0.05) is 44.2 Å². The van der Waals surface area contributed by atoms with E-state index in [1.54, 1.807) is 0 Å². The zero-order chi connectivity index (χ0) is 13.0. The Morgan fingerprint density at radius 1 is 1.17 bits per heavy atom. The standard InChI is InChI=1S/C17H27N/c1-14(2)11-16-9-10-18(3)13-17(16)12-15-7-5-4-6-8-15/h4-8,14,16-17H,9-13H2,1-3H3/t16?,17-/m0/s1. The van der Waals surface area contributed by atoms with Crippen molar-refractivity contribution in [2.24, 2.45) is 17.8 Å². The van der Waals surface area contributed by atoms with Crippen LogP contribution in [-0.2, 0) is 6.42 Å². The van der Waals surface area contributed by atoms with Crippen LogP contribution in [0.4, 0.5) is 0 Å². The highest BCUT2D eigenvalue weighted by Gasteiger charge is 2.28. The number of hydrogen-bond acceptors (Lipinski definition) is 1. The second-order valence-corrected chi connectivity index (χ2v) is 6.39. The molecule has 0 saturated carbocycles. The minimum atomic E-state index is 0.830. The van der Waals surface area contributed by atoms with E-state index in [1.807, 2.05) is 0 Å². The molecule has 1 aromatic rings. The van der Waals surface area contributed by atoms with Crippen molar-refractivity contribution in [2.75, 3.05) is 20.1 Å². The summed E-state index contributed by atoms with van der Waals surface area (Å²) in [5, 5.41) is 0. The van der Waals surface area contributed by atoms with E-state index in [4.69, 9.17) is 0 Å². The average Bonchev–Trinajstić information content (AvgIpc) is 2.33. The van der Waals surface area contributed by atoms with Crippen LogP contribution in [0, 0.1) is 17.8 Å². The van der Waals surface area contributed by atoms with E-state index in [0.29, 0.717) is 0 Å². The third-order valence-corrected chi connectivity index (χ3v) is 4.21. The van der Waals surface area contributed by atoms with Gasteiger partial charge in [0.1, 0.15) is 0 Å². The predicted molar refractivity (Wildman–Crippen MR) is 78.7 cm³/mol. The third kappa shape index (κ3) is 3.84. The normalized spacial score (nSPS) is 25.6. The van der Waals surface area contributed by atoms with E-state index in [2.05, 4.69) is 56.1 Å². The molecule has 0 aliphatic carbocycles. The van der Waals surface area contributed by atoms with Crippen molar-refractivity contribution in [3.8, 4) is 0 Å². The molecule has 0 amide bonds. The number of nitrogens with zero attached hydrogens (tertiary/aromatic N) is 1. The van der Waals surface area contributed by atoms with E-state index in [0.717, 1.165) is 17.8 Å². The molecule has 100 valence electrons. The maximum atomic E-state index is 2.50. The zero-order valence-electron chi connectivity index (χ0n) is 12.1. The number of piperidine rings is 1. The van der Waals surface area contributed by atoms with Crippen LogP contribution in [0.1, 0.15) is 32.3 Å². The van der Waals surface area contributed by atoms with Crippen molar-refractivity contribution in [3.63, 3.8) is 0 Å². The summed E-state index contributed by atoms with van der Waals surface area (Å²) in [7, 11) is 2.27. The fourth-order valence-electron chi connectivity index (χ4n) is 3.33. The molecule has 1 nitrogen and oxygen atoms in total. The lowest BCUT2D eigenvalue weighted by Crippen LogP contribution is -2.39. The first-order valence-electron chi connectivity index (χ1n) is 7.37. The molecule has 1 heterocycles. The highest BCUT2D eigenvalue weighted by Crippen LogP contribution is 2.31. The molecule has 1 aliphatic rings. The first-order valence-corrected chi connectivity index (χ1v) is 7.37. The van der Waals surface area contributed by atoms with E-state index >= 15 is 0 Å². The predicted octanol–water partition coefficient (Wildman–Crippen LogP) is 3.84. The van der Waals surface area contributed by atoms with Gasteiger partial charge in [0.25, 0.3) is 0 Å². The summed E-state index contributed by atoms with van der Waals surface area (Å²) < 4.78 is 0. The molecule has 0 radical (unpaired) electrons. The van der Waals surface area contributed by atoms with E-state index in [1.165, 1.54) is 37.9 Å². The lowest BCUT2D eigenvalue weighted by Gasteiger charge is -2.38. The van der Waals surface area contributed by atoms with Crippen LogP contribution in [0.5, 0.6) is 0 Å². The van der Waals surface area contributed by atoms with Crippen molar-refractivity contribution in [1.29, 1.82) is 0 Å². The molecular formula is C17H27N. The van der Waals surface area contributed by atoms with E-state index in [9.17, 15) is 0 Å². The Hall–Kier alpha value is -0.820. The van der Waals surface area contributed by atoms with Gasteiger partial charge < -0.3 is 4.90 Å². The van der Waals surface area contributed by atoms with Gasteiger partial charge in [0.05, 0.1) is 0 Å². The topological polar surface area (TPSA) is 3.24 Å². The van der Waals surface area contributed by atoms with Gasteiger partial charge in [-0.2, -0.15) is 0 Å². The van der Waals surface area contributed by atoms with Gasteiger partial charge in [-0.3, -0.25) is 0 Å². The second kappa shape index (κ2) is 6.38. The van der Waals surface area contributed by atoms with Gasteiger partial charge in [-0.15, -0.1) is 0 Å². The first-order chi connectivity index (χ1) is 8.65. The fraction of sp³-hybridized carbons (Fsp3) is 0.647. The molecule has 0 spiro atoms. The average molecular weight is 245 g/mol. The van der Waals surface area contributed by atoms with Gasteiger partial charge in [0, 0.05) is 6.54 Å². The molecule has 1 unspecified atom stereocenters. The molecule has 18 heavy (non-hydrogen) atoms. The molecular weight excluding hydrogens is 218 g/mol. The van der Waals surface area contributed by atoms with Crippen molar-refractivity contribution in [2.45, 2.75) is 33.1 Å². The Morgan fingerprint density at radius 2 is 1.89 bits per heavy atom. The molecule has 1 aromatic carbocycles. The molecule has 1 fully saturated rings. The highest BCUT2D eigenvalue weighted by molar-refractivity contribution is 5.15. The lowest BCUT2D eigenvalue weighted by molar-refractivity contribution is 0.126. The van der Waals surface area contributed by atoms with Gasteiger partial charge in [0.2, 0.25) is 0 Å². The monoisotopic (exact) mass is 245 g/mol. The second-order valence-electron chi connectivity index (χ2n) is 6.39. The minimum Gasteiger partial charge on any atom is -0.306 e. The molecule has 0 N–H and O–H groups in total. The highest BCUT2D eigenvalue weighted by atomic mass is 15.1. The maximum Gasteiger partial charge on any atom is 0.00124 e. The summed E-state index contributed by atoms with van der Waals surface area (Å²) in [5.74, 6) is 2.59. The Bertz CT molecular complexity index is 344. The van der Waals surface area contributed by atoms with Gasteiger partial charge in [0.15, 0.2) is 0 Å². The third-order valence-electron chi connectivity index (χ3n) is 4.21. The van der Waals surface area contributed by atoms with Crippen LogP contribution in [0.25, 0.3) is 0 Å². The number of likely N-dealkylation sites (tertiary alicyclic amines) is 1. The van der Waals surface area contributed by atoms with Crippen molar-refractivity contribution < 1.29 is 0 Å². The number of benzene rings is 1. The number of hydrogen-bond donors (Lipinski definition) is 0. The Kier molecular flexibility index (Phi) is 4.82. The Labute approximate surface area is 112 Å². The van der Waals surface area contributed by atoms with Crippen molar-refractivity contribution in [3.05, 3.63) is 35.9 Å². The summed E-state index contributed by atoms with van der Waals surface area (Å²) in [6, 6.07) is 11.0. The molecule has 1 heteroatoms. The summed E-state index contributed by atoms with van der Waals surface area (Å²) in [5.41, 5.74) is 1.51. The quantitative estimate of drug-likeness (QED) is 0.779. The van der Waals surface area contributed by atoms with Crippen molar-refractivity contribution >= 4 is 0 Å². The van der Waals surface area contributed by atoms with Crippen LogP contribution in [0.2, 0.25) is 0 Å². The maximum absolute atomic E-state index is 2.50. The van der Waals surface area contributed by atoms with Gasteiger partial charge in [-0.25, -0.2) is 0 Å². The summed E-state index contributed by atoms with van der Waals surface area (Å²) in [6.07, 6.45) is 4.03. The van der Waals surface area contributed by atoms with Crippen LogP contribution in [-0.4, -0.2) is 25.0 Å². The van der Waals surface area contributed by atoms with Crippen LogP contribution < -0.4 is 0 Å². The largest absolute Gasteiger partial charge is 0.306 e. The van der Waals surface area contributed by atoms with Crippen LogP contribution >= 0.6 is 0 Å². The Morgan fingerprint density at radius 3 is 2.56 bits per heavy atom. The van der Waals surface area contributed by atoms with Crippen LogP contribution in [0.15, 0.2) is 30.3 Å². The number of rotatable bonds is 4. The van der Waals surface area contributed by atoms with Gasteiger partial charge in [-0.05, 0) is 56.2 Å². The lowest BCUT2D eigenvalue weighted by atomic mass is 9.77. The first kappa shape index (κ1) is 13.6. The fourth-order valence-corrected chi connectivity index (χ4v) is 3.33. The Balaban J connectivity index is 2.01. The molecule has 2 atom stereocenters. The summed E-state index contributed by atoms with van der Waals surface area (Å²) in [4.78, 5) is 2.50. The molecule has 0 aromatic heterocycles. The van der Waals surface area contributed by atoms with E-state index in [-0.39, 0.29) is 0 Å². The minimum absolute atomic E-state index is 0.830. The SMILES string of the molecule is CC(C)CC1CCN(C)C[C@@H]1Cc1ccccc1. The van der Waals surface area contributed by atoms with E-state index < -0.39 is 0 Å². The zero-order valence-corrected chi connectivity index (χ0v) is 12.1. The van der Waals surface area contributed by atoms with Crippen LogP contribution in [0.3, 0.4) is 0 Å². The van der Waals surface area contributed by atoms with Crippen molar-refractivity contribution in [1.82, 2.24) is 4.90 Å². The van der Waals surface area contributed by atoms with Gasteiger partial charge >= 0.3 is 0 Å². The summed E-state index contributed by atoms with van der Waals surface area (Å²) in [6.45, 7) is 7.27.